The molecule has 1 aromatic carbocycles. The summed E-state index contributed by atoms with van der Waals surface area (Å²) in [5.41, 5.74) is 2.43. The highest BCUT2D eigenvalue weighted by Gasteiger charge is 2.20. The molecule has 3 nitrogen and oxygen atoms in total. The lowest BCUT2D eigenvalue weighted by Crippen LogP contribution is -2.35. The first kappa shape index (κ1) is 15.8. The second kappa shape index (κ2) is 7.03. The molecule has 0 bridgehead atoms. The molecule has 0 saturated carbocycles. The van der Waals surface area contributed by atoms with E-state index < -0.39 is 0 Å². The molecular weight excluding hydrogens is 336 g/mol. The Morgan fingerprint density at radius 2 is 2.12 bits per heavy atom. The van der Waals surface area contributed by atoms with Crippen LogP contribution < -0.4 is 0 Å². The molecule has 3 heterocycles. The number of amides is 1. The van der Waals surface area contributed by atoms with Crippen LogP contribution in [0, 0.1) is 0 Å². The summed E-state index contributed by atoms with van der Waals surface area (Å²) in [5, 5.41) is 3.32. The van der Waals surface area contributed by atoms with Gasteiger partial charge in [-0.1, -0.05) is 12.1 Å². The summed E-state index contributed by atoms with van der Waals surface area (Å²) in [5.74, 6) is 0.302. The summed E-state index contributed by atoms with van der Waals surface area (Å²) in [6, 6.07) is 10.4. The van der Waals surface area contributed by atoms with E-state index in [1.165, 1.54) is 20.1 Å². The predicted molar refractivity (Wildman–Crippen MR) is 101 cm³/mol. The van der Waals surface area contributed by atoms with Gasteiger partial charge in [-0.3, -0.25) is 4.79 Å². The highest BCUT2D eigenvalue weighted by Crippen LogP contribution is 2.25. The Bertz CT molecular complexity index is 819. The Hall–Kier alpha value is -1.72. The second-order valence-electron chi connectivity index (χ2n) is 6.22. The third kappa shape index (κ3) is 3.37. The third-order valence-electron chi connectivity index (χ3n) is 4.53. The quantitative estimate of drug-likeness (QED) is 0.623. The van der Waals surface area contributed by atoms with Gasteiger partial charge in [-0.25, -0.2) is 4.98 Å². The maximum atomic E-state index is 12.4. The number of benzene rings is 1. The van der Waals surface area contributed by atoms with Crippen molar-refractivity contribution in [3.8, 4) is 0 Å². The van der Waals surface area contributed by atoms with Crippen LogP contribution in [0.5, 0.6) is 0 Å². The van der Waals surface area contributed by atoms with E-state index in [4.69, 9.17) is 0 Å². The molecule has 1 aliphatic rings. The van der Waals surface area contributed by atoms with Crippen LogP contribution >= 0.6 is 22.7 Å². The molecule has 5 heteroatoms. The molecule has 1 amide bonds. The van der Waals surface area contributed by atoms with E-state index in [9.17, 15) is 4.79 Å². The number of thiazole rings is 1. The molecule has 0 radical (unpaired) electrons. The fraction of sp³-hybridized carbons (Fsp3) is 0.368. The largest absolute Gasteiger partial charge is 0.338 e. The number of hydrogen-bond donors (Lipinski definition) is 0. The van der Waals surface area contributed by atoms with E-state index >= 15 is 0 Å². The predicted octanol–water partition coefficient (Wildman–Crippen LogP) is 4.66. The van der Waals surface area contributed by atoms with Crippen LogP contribution in [0.3, 0.4) is 0 Å². The number of unbranched alkanes of at least 4 members (excludes halogenated alkanes) is 1. The van der Waals surface area contributed by atoms with E-state index in [1.807, 2.05) is 22.3 Å². The number of para-hydroxylation sites is 1. The average molecular weight is 357 g/mol. The summed E-state index contributed by atoms with van der Waals surface area (Å²) < 4.78 is 1.25. The van der Waals surface area contributed by atoms with Gasteiger partial charge in [0.1, 0.15) is 0 Å². The second-order valence-corrected chi connectivity index (χ2v) is 8.33. The van der Waals surface area contributed by atoms with Gasteiger partial charge in [0.05, 0.1) is 15.2 Å². The minimum Gasteiger partial charge on any atom is -0.338 e. The Morgan fingerprint density at radius 1 is 1.21 bits per heavy atom. The van der Waals surface area contributed by atoms with Gasteiger partial charge in [0.15, 0.2) is 0 Å². The smallest absolute Gasteiger partial charge is 0.222 e. The number of fused-ring (bicyclic) bond motifs is 2. The molecule has 0 atom stereocenters. The Balaban J connectivity index is 1.24. The monoisotopic (exact) mass is 356 g/mol. The Labute approximate surface area is 150 Å². The van der Waals surface area contributed by atoms with Crippen molar-refractivity contribution in [2.45, 2.75) is 38.6 Å². The van der Waals surface area contributed by atoms with E-state index in [-0.39, 0.29) is 0 Å². The van der Waals surface area contributed by atoms with Crippen LogP contribution in [0.4, 0.5) is 0 Å². The molecular formula is C19H20N2OS2. The van der Waals surface area contributed by atoms with Gasteiger partial charge >= 0.3 is 0 Å². The molecule has 0 N–H and O–H groups in total. The van der Waals surface area contributed by atoms with Gasteiger partial charge in [-0.2, -0.15) is 0 Å². The van der Waals surface area contributed by atoms with E-state index in [0.717, 1.165) is 44.3 Å². The number of thiophene rings is 1. The zero-order valence-electron chi connectivity index (χ0n) is 13.5. The van der Waals surface area contributed by atoms with Crippen LogP contribution in [0.25, 0.3) is 10.2 Å². The first-order chi connectivity index (χ1) is 11.8. The van der Waals surface area contributed by atoms with Crippen molar-refractivity contribution in [2.75, 3.05) is 6.54 Å². The summed E-state index contributed by atoms with van der Waals surface area (Å²) in [6.07, 6.45) is 4.63. The summed E-state index contributed by atoms with van der Waals surface area (Å²) in [7, 11) is 0. The van der Waals surface area contributed by atoms with Gasteiger partial charge in [-0.05, 0) is 54.8 Å². The molecule has 0 saturated heterocycles. The van der Waals surface area contributed by atoms with Crippen LogP contribution in [-0.2, 0) is 24.2 Å². The molecule has 24 heavy (non-hydrogen) atoms. The molecule has 0 aliphatic carbocycles. The number of hydrogen-bond acceptors (Lipinski definition) is 4. The molecule has 4 rings (SSSR count). The number of carbonyl (C=O) groups is 1. The molecule has 0 unspecified atom stereocenters. The number of aromatic nitrogens is 1. The van der Waals surface area contributed by atoms with Crippen molar-refractivity contribution < 1.29 is 4.79 Å². The normalized spacial score (nSPS) is 14.1. The maximum absolute atomic E-state index is 12.4. The summed E-state index contributed by atoms with van der Waals surface area (Å²) in [4.78, 5) is 20.5. The lowest BCUT2D eigenvalue weighted by molar-refractivity contribution is -0.132. The molecule has 124 valence electrons. The zero-order chi connectivity index (χ0) is 16.4. The zero-order valence-corrected chi connectivity index (χ0v) is 15.2. The fourth-order valence-electron chi connectivity index (χ4n) is 3.20. The number of nitrogens with zero attached hydrogens (tertiary/aromatic N) is 2. The van der Waals surface area contributed by atoms with Crippen molar-refractivity contribution in [1.82, 2.24) is 9.88 Å². The molecule has 2 aromatic heterocycles. The first-order valence-corrected chi connectivity index (χ1v) is 10.2. The highest BCUT2D eigenvalue weighted by molar-refractivity contribution is 7.18. The van der Waals surface area contributed by atoms with Crippen molar-refractivity contribution in [3.05, 3.63) is 51.2 Å². The summed E-state index contributed by atoms with van der Waals surface area (Å²) >= 11 is 3.59. The topological polar surface area (TPSA) is 33.2 Å². The third-order valence-corrected chi connectivity index (χ3v) is 6.65. The van der Waals surface area contributed by atoms with Gasteiger partial charge in [0.25, 0.3) is 0 Å². The van der Waals surface area contributed by atoms with Crippen LogP contribution in [0.2, 0.25) is 0 Å². The minimum absolute atomic E-state index is 0.302. The van der Waals surface area contributed by atoms with Gasteiger partial charge in [-0.15, -0.1) is 22.7 Å². The Morgan fingerprint density at radius 3 is 3.04 bits per heavy atom. The lowest BCUT2D eigenvalue weighted by atomic mass is 10.1. The van der Waals surface area contributed by atoms with Crippen molar-refractivity contribution >= 4 is 38.8 Å². The number of aryl methyl sites for hydroxylation is 1. The lowest BCUT2D eigenvalue weighted by Gasteiger charge is -2.27. The average Bonchev–Trinajstić information content (AvgIpc) is 3.23. The maximum Gasteiger partial charge on any atom is 0.222 e. The molecule has 0 fully saturated rings. The Kier molecular flexibility index (Phi) is 4.63. The standard InChI is InChI=1S/C19H20N2OS2/c22-19(21-11-9-16-14(13-21)10-12-23-16)8-4-3-7-18-20-15-5-1-2-6-17(15)24-18/h1-2,5-6,10,12H,3-4,7-9,11,13H2. The van der Waals surface area contributed by atoms with Crippen molar-refractivity contribution in [2.24, 2.45) is 0 Å². The van der Waals surface area contributed by atoms with Gasteiger partial charge in [0.2, 0.25) is 5.91 Å². The highest BCUT2D eigenvalue weighted by atomic mass is 32.1. The van der Waals surface area contributed by atoms with Crippen LogP contribution in [0.15, 0.2) is 35.7 Å². The fourth-order valence-corrected chi connectivity index (χ4v) is 5.10. The minimum atomic E-state index is 0.302. The van der Waals surface area contributed by atoms with E-state index in [0.29, 0.717) is 12.3 Å². The van der Waals surface area contributed by atoms with E-state index in [2.05, 4.69) is 34.6 Å². The molecule has 1 aliphatic heterocycles. The summed E-state index contributed by atoms with van der Waals surface area (Å²) in [6.45, 7) is 1.68. The molecule has 0 spiro atoms. The molecule has 3 aromatic rings. The van der Waals surface area contributed by atoms with Gasteiger partial charge < -0.3 is 4.90 Å². The first-order valence-electron chi connectivity index (χ1n) is 8.47. The van der Waals surface area contributed by atoms with Crippen molar-refractivity contribution in [3.63, 3.8) is 0 Å². The van der Waals surface area contributed by atoms with Crippen LogP contribution in [-0.4, -0.2) is 22.3 Å². The van der Waals surface area contributed by atoms with E-state index in [1.54, 1.807) is 11.3 Å². The number of carbonyl (C=O) groups excluding carboxylic acids is 1. The number of rotatable bonds is 5. The van der Waals surface area contributed by atoms with Gasteiger partial charge in [0, 0.05) is 24.4 Å². The SMILES string of the molecule is O=C(CCCCc1nc2ccccc2s1)N1CCc2sccc2C1. The van der Waals surface area contributed by atoms with Crippen LogP contribution in [0.1, 0.15) is 34.7 Å². The van der Waals surface area contributed by atoms with Crippen molar-refractivity contribution in [1.29, 1.82) is 0 Å².